The predicted molar refractivity (Wildman–Crippen MR) is 129 cm³/mol. The number of carbonyl (C=O) groups excluding carboxylic acids is 2. The summed E-state index contributed by atoms with van der Waals surface area (Å²) in [7, 11) is 0. The first kappa shape index (κ1) is 23.0. The van der Waals surface area contributed by atoms with Crippen molar-refractivity contribution in [2.75, 3.05) is 38.0 Å². The predicted octanol–water partition coefficient (Wildman–Crippen LogP) is 3.22. The minimum absolute atomic E-state index is 0.102. The highest BCUT2D eigenvalue weighted by molar-refractivity contribution is 6.31. The van der Waals surface area contributed by atoms with E-state index in [9.17, 15) is 9.59 Å². The lowest BCUT2D eigenvalue weighted by atomic mass is 10.1. The van der Waals surface area contributed by atoms with Crippen LogP contribution in [0.25, 0.3) is 0 Å². The van der Waals surface area contributed by atoms with Crippen molar-refractivity contribution in [1.29, 1.82) is 0 Å². The molecule has 3 aromatic rings. The SMILES string of the molecule is Cc1ccc(CC(=O)N2CCN(CC(=O)Nc3ccnn3Cc3ccccc3Cl)CC2)cc1. The third kappa shape index (κ3) is 6.21. The summed E-state index contributed by atoms with van der Waals surface area (Å²) in [5.41, 5.74) is 3.15. The van der Waals surface area contributed by atoms with Crippen molar-refractivity contribution >= 4 is 29.2 Å². The summed E-state index contributed by atoms with van der Waals surface area (Å²) in [6.45, 7) is 5.39. The van der Waals surface area contributed by atoms with Gasteiger partial charge in [-0.3, -0.25) is 14.5 Å². The van der Waals surface area contributed by atoms with Crippen LogP contribution in [-0.4, -0.2) is 64.1 Å². The number of anilines is 1. The van der Waals surface area contributed by atoms with Gasteiger partial charge in [-0.05, 0) is 24.1 Å². The number of halogens is 1. The molecule has 0 radical (unpaired) electrons. The molecule has 33 heavy (non-hydrogen) atoms. The van der Waals surface area contributed by atoms with Gasteiger partial charge in [0, 0.05) is 37.3 Å². The highest BCUT2D eigenvalue weighted by atomic mass is 35.5. The third-order valence-electron chi connectivity index (χ3n) is 5.83. The second-order valence-corrected chi connectivity index (χ2v) is 8.74. The van der Waals surface area contributed by atoms with E-state index in [2.05, 4.69) is 15.3 Å². The fourth-order valence-electron chi connectivity index (χ4n) is 3.89. The maximum absolute atomic E-state index is 12.6. The first-order valence-corrected chi connectivity index (χ1v) is 11.5. The van der Waals surface area contributed by atoms with Crippen LogP contribution in [0.3, 0.4) is 0 Å². The average molecular weight is 466 g/mol. The first-order valence-electron chi connectivity index (χ1n) is 11.1. The Hall–Kier alpha value is -3.16. The Morgan fingerprint density at radius 1 is 1.00 bits per heavy atom. The molecule has 2 aromatic carbocycles. The lowest BCUT2D eigenvalue weighted by Crippen LogP contribution is -2.50. The van der Waals surface area contributed by atoms with Crippen LogP contribution in [0.2, 0.25) is 5.02 Å². The molecular weight excluding hydrogens is 438 g/mol. The number of benzene rings is 2. The van der Waals surface area contributed by atoms with Crippen molar-refractivity contribution in [3.8, 4) is 0 Å². The van der Waals surface area contributed by atoms with Crippen LogP contribution in [0.1, 0.15) is 16.7 Å². The first-order chi connectivity index (χ1) is 16.0. The van der Waals surface area contributed by atoms with E-state index in [1.165, 1.54) is 5.56 Å². The molecule has 2 amide bonds. The van der Waals surface area contributed by atoms with E-state index in [1.807, 2.05) is 60.4 Å². The molecule has 1 saturated heterocycles. The summed E-state index contributed by atoms with van der Waals surface area (Å²) >= 11 is 6.25. The van der Waals surface area contributed by atoms with Gasteiger partial charge in [-0.25, -0.2) is 4.68 Å². The monoisotopic (exact) mass is 465 g/mol. The topological polar surface area (TPSA) is 70.5 Å². The Morgan fingerprint density at radius 3 is 2.45 bits per heavy atom. The third-order valence-corrected chi connectivity index (χ3v) is 6.20. The summed E-state index contributed by atoms with van der Waals surface area (Å²) < 4.78 is 1.72. The molecule has 1 fully saturated rings. The van der Waals surface area contributed by atoms with Crippen molar-refractivity contribution < 1.29 is 9.59 Å². The number of carbonyl (C=O) groups is 2. The van der Waals surface area contributed by atoms with Gasteiger partial charge < -0.3 is 10.2 Å². The number of rotatable bonds is 7. The van der Waals surface area contributed by atoms with E-state index in [0.29, 0.717) is 50.0 Å². The van der Waals surface area contributed by atoms with Gasteiger partial charge in [0.15, 0.2) is 0 Å². The Bertz CT molecular complexity index is 1100. The highest BCUT2D eigenvalue weighted by Crippen LogP contribution is 2.18. The Morgan fingerprint density at radius 2 is 1.73 bits per heavy atom. The van der Waals surface area contributed by atoms with Crippen molar-refractivity contribution in [2.45, 2.75) is 19.9 Å². The maximum atomic E-state index is 12.6. The van der Waals surface area contributed by atoms with Gasteiger partial charge in [-0.1, -0.05) is 59.6 Å². The van der Waals surface area contributed by atoms with Crippen molar-refractivity contribution in [3.63, 3.8) is 0 Å². The number of hydrogen-bond acceptors (Lipinski definition) is 4. The minimum atomic E-state index is -0.102. The van der Waals surface area contributed by atoms with Gasteiger partial charge in [0.05, 0.1) is 25.7 Å². The van der Waals surface area contributed by atoms with Crippen LogP contribution >= 0.6 is 11.6 Å². The average Bonchev–Trinajstić information content (AvgIpc) is 3.23. The molecule has 0 saturated carbocycles. The Kier molecular flexibility index (Phi) is 7.42. The van der Waals surface area contributed by atoms with Crippen LogP contribution in [0.4, 0.5) is 5.82 Å². The molecule has 2 heterocycles. The van der Waals surface area contributed by atoms with E-state index >= 15 is 0 Å². The molecule has 7 nitrogen and oxygen atoms in total. The largest absolute Gasteiger partial charge is 0.340 e. The van der Waals surface area contributed by atoms with Crippen molar-refractivity contribution in [2.24, 2.45) is 0 Å². The molecule has 4 rings (SSSR count). The number of amides is 2. The van der Waals surface area contributed by atoms with Gasteiger partial charge in [-0.15, -0.1) is 0 Å². The second-order valence-electron chi connectivity index (χ2n) is 8.33. The lowest BCUT2D eigenvalue weighted by Gasteiger charge is -2.34. The molecule has 0 unspecified atom stereocenters. The highest BCUT2D eigenvalue weighted by Gasteiger charge is 2.23. The molecule has 1 aromatic heterocycles. The number of nitrogens with zero attached hydrogens (tertiary/aromatic N) is 4. The van der Waals surface area contributed by atoms with E-state index in [-0.39, 0.29) is 18.4 Å². The number of aryl methyl sites for hydroxylation is 1. The van der Waals surface area contributed by atoms with E-state index in [4.69, 9.17) is 11.6 Å². The van der Waals surface area contributed by atoms with Crippen molar-refractivity contribution in [3.05, 3.63) is 82.5 Å². The molecule has 0 aliphatic carbocycles. The molecular formula is C25H28ClN5O2. The number of nitrogens with one attached hydrogen (secondary N) is 1. The van der Waals surface area contributed by atoms with Gasteiger partial charge in [0.25, 0.3) is 0 Å². The molecule has 172 valence electrons. The van der Waals surface area contributed by atoms with Crippen LogP contribution in [0.15, 0.2) is 60.8 Å². The van der Waals surface area contributed by atoms with Crippen LogP contribution in [0, 0.1) is 6.92 Å². The molecule has 0 spiro atoms. The smallest absolute Gasteiger partial charge is 0.239 e. The summed E-state index contributed by atoms with van der Waals surface area (Å²) in [6.07, 6.45) is 2.07. The molecule has 1 aliphatic rings. The van der Waals surface area contributed by atoms with E-state index in [1.54, 1.807) is 16.9 Å². The molecule has 0 atom stereocenters. The standard InChI is InChI=1S/C25H28ClN5O2/c1-19-6-8-20(9-7-19)16-25(33)30-14-12-29(13-15-30)18-24(32)28-23-10-11-27-31(23)17-21-4-2-3-5-22(21)26/h2-11H,12-18H2,1H3,(H,28,32). The van der Waals surface area contributed by atoms with Gasteiger partial charge in [0.1, 0.15) is 5.82 Å². The van der Waals surface area contributed by atoms with Gasteiger partial charge >= 0.3 is 0 Å². The van der Waals surface area contributed by atoms with Crippen LogP contribution in [-0.2, 0) is 22.6 Å². The van der Waals surface area contributed by atoms with Crippen LogP contribution < -0.4 is 5.32 Å². The summed E-state index contributed by atoms with van der Waals surface area (Å²) in [5, 5.41) is 7.92. The van der Waals surface area contributed by atoms with Gasteiger partial charge in [0.2, 0.25) is 11.8 Å². The zero-order valence-corrected chi connectivity index (χ0v) is 19.5. The molecule has 1 aliphatic heterocycles. The summed E-state index contributed by atoms with van der Waals surface area (Å²) in [5.74, 6) is 0.661. The van der Waals surface area contributed by atoms with Crippen molar-refractivity contribution in [1.82, 2.24) is 19.6 Å². The fourth-order valence-corrected chi connectivity index (χ4v) is 4.08. The second kappa shape index (κ2) is 10.6. The lowest BCUT2D eigenvalue weighted by molar-refractivity contribution is -0.132. The minimum Gasteiger partial charge on any atom is -0.340 e. The Balaban J connectivity index is 1.24. The number of piperazine rings is 1. The van der Waals surface area contributed by atoms with Gasteiger partial charge in [-0.2, -0.15) is 5.10 Å². The maximum Gasteiger partial charge on any atom is 0.239 e. The zero-order chi connectivity index (χ0) is 23.2. The number of aromatic nitrogens is 2. The van der Waals surface area contributed by atoms with E-state index in [0.717, 1.165) is 11.1 Å². The normalized spacial score (nSPS) is 14.3. The zero-order valence-electron chi connectivity index (χ0n) is 18.7. The fraction of sp³-hybridized carbons (Fsp3) is 0.320. The van der Waals surface area contributed by atoms with E-state index < -0.39 is 0 Å². The summed E-state index contributed by atoms with van der Waals surface area (Å²) in [4.78, 5) is 29.2. The Labute approximate surface area is 198 Å². The molecule has 0 bridgehead atoms. The number of hydrogen-bond donors (Lipinski definition) is 1. The molecule has 8 heteroatoms. The van der Waals surface area contributed by atoms with Crippen LogP contribution in [0.5, 0.6) is 0 Å². The summed E-state index contributed by atoms with van der Waals surface area (Å²) in [6, 6.07) is 17.4. The molecule has 1 N–H and O–H groups in total. The quantitative estimate of drug-likeness (QED) is 0.581.